The van der Waals surface area contributed by atoms with Gasteiger partial charge >= 0.3 is 0 Å². The Hall–Kier alpha value is -1.14. The summed E-state index contributed by atoms with van der Waals surface area (Å²) >= 11 is 0. The van der Waals surface area contributed by atoms with Crippen molar-refractivity contribution in [2.45, 2.75) is 32.1 Å². The number of carbonyl (C=O) groups is 2. The molecule has 2 amide bonds. The molecule has 6 heteroatoms. The summed E-state index contributed by atoms with van der Waals surface area (Å²) in [6.45, 7) is 3.81. The third-order valence-corrected chi connectivity index (χ3v) is 4.46. The predicted octanol–water partition coefficient (Wildman–Crippen LogP) is -0.277. The number of hydrogen-bond acceptors (Lipinski definition) is 4. The van der Waals surface area contributed by atoms with Gasteiger partial charge in [0.25, 0.3) is 0 Å². The summed E-state index contributed by atoms with van der Waals surface area (Å²) in [6, 6.07) is 0. The number of rotatable bonds is 5. The van der Waals surface area contributed by atoms with Crippen LogP contribution in [0.3, 0.4) is 0 Å². The second-order valence-electron chi connectivity index (χ2n) is 6.01. The third kappa shape index (κ3) is 4.68. The largest absolute Gasteiger partial charge is 0.396 e. The average molecular weight is 297 g/mol. The van der Waals surface area contributed by atoms with E-state index < -0.39 is 0 Å². The van der Waals surface area contributed by atoms with Crippen LogP contribution in [0.4, 0.5) is 0 Å². The quantitative estimate of drug-likeness (QED) is 0.610. The summed E-state index contributed by atoms with van der Waals surface area (Å²) in [5.41, 5.74) is 0. The summed E-state index contributed by atoms with van der Waals surface area (Å²) in [4.78, 5) is 26.3. The molecule has 21 heavy (non-hydrogen) atoms. The Labute approximate surface area is 126 Å². The zero-order valence-corrected chi connectivity index (χ0v) is 12.6. The van der Waals surface area contributed by atoms with E-state index in [1.807, 2.05) is 4.90 Å². The molecule has 0 unspecified atom stereocenters. The molecule has 1 atom stereocenters. The van der Waals surface area contributed by atoms with E-state index in [4.69, 9.17) is 5.11 Å². The van der Waals surface area contributed by atoms with Crippen LogP contribution in [0.1, 0.15) is 32.1 Å². The third-order valence-electron chi connectivity index (χ3n) is 4.46. The Bertz CT molecular complexity index is 348. The topological polar surface area (TPSA) is 81.7 Å². The molecule has 3 N–H and O–H groups in total. The van der Waals surface area contributed by atoms with Crippen molar-refractivity contribution in [3.8, 4) is 0 Å². The highest BCUT2D eigenvalue weighted by atomic mass is 16.3. The average Bonchev–Trinajstić information content (AvgIpc) is 2.55. The summed E-state index contributed by atoms with van der Waals surface area (Å²) in [5, 5.41) is 14.8. The first kappa shape index (κ1) is 16.2. The van der Waals surface area contributed by atoms with Crippen molar-refractivity contribution in [1.29, 1.82) is 0 Å². The molecule has 2 saturated heterocycles. The smallest absolute Gasteiger partial charge is 0.226 e. The fourth-order valence-corrected chi connectivity index (χ4v) is 3.12. The van der Waals surface area contributed by atoms with E-state index >= 15 is 0 Å². The lowest BCUT2D eigenvalue weighted by atomic mass is 9.93. The van der Waals surface area contributed by atoms with Crippen LogP contribution in [0.15, 0.2) is 0 Å². The summed E-state index contributed by atoms with van der Waals surface area (Å²) in [7, 11) is 0. The fourth-order valence-electron chi connectivity index (χ4n) is 3.12. The maximum absolute atomic E-state index is 12.4. The van der Waals surface area contributed by atoms with E-state index in [-0.39, 0.29) is 30.3 Å². The Morgan fingerprint density at radius 3 is 2.57 bits per heavy atom. The molecule has 2 aliphatic rings. The highest BCUT2D eigenvalue weighted by Gasteiger charge is 2.31. The highest BCUT2D eigenvalue weighted by Crippen LogP contribution is 2.21. The number of nitrogens with zero attached hydrogens (tertiary/aromatic N) is 1. The van der Waals surface area contributed by atoms with Crippen molar-refractivity contribution < 1.29 is 14.7 Å². The van der Waals surface area contributed by atoms with Crippen LogP contribution in [-0.4, -0.2) is 61.2 Å². The molecule has 0 bridgehead atoms. The van der Waals surface area contributed by atoms with Crippen LogP contribution in [0.25, 0.3) is 0 Å². The van der Waals surface area contributed by atoms with Gasteiger partial charge in [0.2, 0.25) is 11.8 Å². The lowest BCUT2D eigenvalue weighted by Gasteiger charge is -2.34. The second-order valence-corrected chi connectivity index (χ2v) is 6.01. The molecule has 2 aliphatic heterocycles. The van der Waals surface area contributed by atoms with Gasteiger partial charge in [0, 0.05) is 38.7 Å². The number of aliphatic hydroxyl groups is 1. The highest BCUT2D eigenvalue weighted by molar-refractivity contribution is 5.81. The predicted molar refractivity (Wildman–Crippen MR) is 79.6 cm³/mol. The molecule has 120 valence electrons. The minimum atomic E-state index is 0.0113. The van der Waals surface area contributed by atoms with E-state index in [9.17, 15) is 9.59 Å². The first-order valence-corrected chi connectivity index (χ1v) is 8.10. The lowest BCUT2D eigenvalue weighted by molar-refractivity contribution is -0.139. The molecule has 0 radical (unpaired) electrons. The standard InChI is InChI=1S/C15H27N3O3/c19-10-2-7-17-14(20)12-4-8-18(9-5-12)15(21)13-3-1-6-16-11-13/h12-13,16,19H,1-11H2,(H,17,20)/t13-/m1/s1. The fraction of sp³-hybridized carbons (Fsp3) is 0.867. The minimum absolute atomic E-state index is 0.0113. The zero-order valence-electron chi connectivity index (χ0n) is 12.6. The molecule has 0 spiro atoms. The molecule has 0 saturated carbocycles. The summed E-state index contributed by atoms with van der Waals surface area (Å²) in [6.07, 6.45) is 4.14. The van der Waals surface area contributed by atoms with Gasteiger partial charge < -0.3 is 20.6 Å². The van der Waals surface area contributed by atoms with Gasteiger partial charge in [-0.25, -0.2) is 0 Å². The molecule has 0 aromatic heterocycles. The van der Waals surface area contributed by atoms with Crippen LogP contribution < -0.4 is 10.6 Å². The van der Waals surface area contributed by atoms with Gasteiger partial charge in [-0.3, -0.25) is 9.59 Å². The van der Waals surface area contributed by atoms with E-state index in [0.717, 1.165) is 38.8 Å². The number of amides is 2. The number of carbonyl (C=O) groups excluding carboxylic acids is 2. The van der Waals surface area contributed by atoms with Gasteiger partial charge in [0.15, 0.2) is 0 Å². The SMILES string of the molecule is O=C(NCCCO)C1CCN(C(=O)[C@@H]2CCCNC2)CC1. The summed E-state index contributed by atoms with van der Waals surface area (Å²) in [5.74, 6) is 0.446. The molecule has 0 aromatic rings. The molecule has 2 heterocycles. The number of aliphatic hydroxyl groups excluding tert-OH is 1. The van der Waals surface area contributed by atoms with Gasteiger partial charge in [0.05, 0.1) is 5.92 Å². The number of piperidine rings is 2. The molecule has 2 rings (SSSR count). The number of hydrogen-bond donors (Lipinski definition) is 3. The van der Waals surface area contributed by atoms with E-state index in [1.54, 1.807) is 0 Å². The molecular weight excluding hydrogens is 270 g/mol. The monoisotopic (exact) mass is 297 g/mol. The van der Waals surface area contributed by atoms with E-state index in [2.05, 4.69) is 10.6 Å². The molecular formula is C15H27N3O3. The number of likely N-dealkylation sites (tertiary alicyclic amines) is 1. The maximum atomic E-state index is 12.4. The van der Waals surface area contributed by atoms with Crippen molar-refractivity contribution in [2.24, 2.45) is 11.8 Å². The Morgan fingerprint density at radius 2 is 1.95 bits per heavy atom. The number of nitrogens with one attached hydrogen (secondary N) is 2. The molecule has 0 aliphatic carbocycles. The van der Waals surface area contributed by atoms with Gasteiger partial charge in [0.1, 0.15) is 0 Å². The first-order valence-electron chi connectivity index (χ1n) is 8.10. The van der Waals surface area contributed by atoms with Gasteiger partial charge in [-0.15, -0.1) is 0 Å². The Morgan fingerprint density at radius 1 is 1.19 bits per heavy atom. The summed E-state index contributed by atoms with van der Waals surface area (Å²) < 4.78 is 0. The normalized spacial score (nSPS) is 23.9. The van der Waals surface area contributed by atoms with Crippen LogP contribution in [0.5, 0.6) is 0 Å². The van der Waals surface area contributed by atoms with Crippen LogP contribution in [0, 0.1) is 11.8 Å². The first-order chi connectivity index (χ1) is 10.2. The van der Waals surface area contributed by atoms with Crippen molar-refractivity contribution in [1.82, 2.24) is 15.5 Å². The van der Waals surface area contributed by atoms with Crippen LogP contribution >= 0.6 is 0 Å². The molecule has 0 aromatic carbocycles. The van der Waals surface area contributed by atoms with Crippen molar-refractivity contribution in [3.05, 3.63) is 0 Å². The second kappa shape index (κ2) is 8.34. The van der Waals surface area contributed by atoms with Crippen molar-refractivity contribution in [3.63, 3.8) is 0 Å². The minimum Gasteiger partial charge on any atom is -0.396 e. The van der Waals surface area contributed by atoms with E-state index in [0.29, 0.717) is 26.1 Å². The van der Waals surface area contributed by atoms with Gasteiger partial charge in [-0.2, -0.15) is 0 Å². The van der Waals surface area contributed by atoms with E-state index in [1.165, 1.54) is 0 Å². The van der Waals surface area contributed by atoms with Crippen LogP contribution in [-0.2, 0) is 9.59 Å². The van der Waals surface area contributed by atoms with Crippen molar-refractivity contribution >= 4 is 11.8 Å². The van der Waals surface area contributed by atoms with Gasteiger partial charge in [-0.1, -0.05) is 0 Å². The Kier molecular flexibility index (Phi) is 6.45. The van der Waals surface area contributed by atoms with Crippen molar-refractivity contribution in [2.75, 3.05) is 39.3 Å². The molecule has 2 fully saturated rings. The Balaban J connectivity index is 1.72. The molecule has 6 nitrogen and oxygen atoms in total. The maximum Gasteiger partial charge on any atom is 0.226 e. The van der Waals surface area contributed by atoms with Gasteiger partial charge in [-0.05, 0) is 38.6 Å². The van der Waals surface area contributed by atoms with Crippen LogP contribution in [0.2, 0.25) is 0 Å². The zero-order chi connectivity index (χ0) is 15.1. The lowest BCUT2D eigenvalue weighted by Crippen LogP contribution is -2.48.